The van der Waals surface area contributed by atoms with Crippen LogP contribution in [0.25, 0.3) is 0 Å². The normalized spacial score (nSPS) is 10.8. The second kappa shape index (κ2) is 5.90. The van der Waals surface area contributed by atoms with Crippen LogP contribution in [0, 0.1) is 6.92 Å². The number of aryl methyl sites for hydroxylation is 3. The average molecular weight is 272 g/mol. The van der Waals surface area contributed by atoms with E-state index < -0.39 is 5.97 Å². The Morgan fingerprint density at radius 2 is 2.00 bits per heavy atom. The van der Waals surface area contributed by atoms with E-state index in [0.29, 0.717) is 12.1 Å². The summed E-state index contributed by atoms with van der Waals surface area (Å²) >= 11 is 0. The lowest BCUT2D eigenvalue weighted by Gasteiger charge is -2.09. The second-order valence-electron chi connectivity index (χ2n) is 4.94. The van der Waals surface area contributed by atoms with E-state index in [1.54, 1.807) is 12.1 Å². The number of benzene rings is 1. The van der Waals surface area contributed by atoms with E-state index in [9.17, 15) is 4.79 Å². The van der Waals surface area contributed by atoms with E-state index in [1.807, 2.05) is 17.7 Å². The molecule has 2 rings (SSSR count). The average Bonchev–Trinajstić information content (AvgIpc) is 2.83. The zero-order valence-corrected chi connectivity index (χ0v) is 12.2. The Labute approximate surface area is 119 Å². The van der Waals surface area contributed by atoms with Crippen molar-refractivity contribution in [2.24, 2.45) is 0 Å². The highest BCUT2D eigenvalue weighted by Crippen LogP contribution is 2.15. The van der Waals surface area contributed by atoms with Gasteiger partial charge in [0.05, 0.1) is 17.8 Å². The number of carboxylic acid groups (broad SMARTS) is 1. The van der Waals surface area contributed by atoms with Gasteiger partial charge in [0.1, 0.15) is 0 Å². The van der Waals surface area contributed by atoms with E-state index in [2.05, 4.69) is 25.0 Å². The van der Waals surface area contributed by atoms with Crippen molar-refractivity contribution in [2.45, 2.75) is 40.2 Å². The Hall–Kier alpha value is -2.10. The van der Waals surface area contributed by atoms with E-state index >= 15 is 0 Å². The predicted molar refractivity (Wildman–Crippen MR) is 78.2 cm³/mol. The van der Waals surface area contributed by atoms with Crippen molar-refractivity contribution in [2.75, 3.05) is 0 Å². The standard InChI is InChI=1S/C16H20N2O2/c1-4-14-9-15(5-2)18(17-14)10-13-7-6-12(16(19)20)8-11(13)3/h6-9H,4-5,10H2,1-3H3,(H,19,20). The molecule has 0 saturated carbocycles. The minimum atomic E-state index is -0.888. The van der Waals surface area contributed by atoms with Crippen LogP contribution in [0.3, 0.4) is 0 Å². The lowest BCUT2D eigenvalue weighted by Crippen LogP contribution is -2.08. The molecule has 0 atom stereocenters. The van der Waals surface area contributed by atoms with Crippen LogP contribution in [-0.2, 0) is 19.4 Å². The number of carbonyl (C=O) groups is 1. The lowest BCUT2D eigenvalue weighted by molar-refractivity contribution is 0.0697. The quantitative estimate of drug-likeness (QED) is 0.910. The molecule has 0 aliphatic carbocycles. The summed E-state index contributed by atoms with van der Waals surface area (Å²) in [5, 5.41) is 13.6. The first-order chi connectivity index (χ1) is 9.55. The summed E-state index contributed by atoms with van der Waals surface area (Å²) in [4.78, 5) is 10.9. The minimum Gasteiger partial charge on any atom is -0.478 e. The first-order valence-corrected chi connectivity index (χ1v) is 6.93. The third kappa shape index (κ3) is 2.90. The van der Waals surface area contributed by atoms with Crippen molar-refractivity contribution in [3.8, 4) is 0 Å². The number of aromatic nitrogens is 2. The molecule has 0 radical (unpaired) electrons. The van der Waals surface area contributed by atoms with Gasteiger partial charge >= 0.3 is 5.97 Å². The molecule has 0 aliphatic rings. The molecule has 1 aromatic heterocycles. The molecule has 0 bridgehead atoms. The Morgan fingerprint density at radius 1 is 1.25 bits per heavy atom. The molecule has 0 saturated heterocycles. The van der Waals surface area contributed by atoms with Crippen molar-refractivity contribution in [1.82, 2.24) is 9.78 Å². The first kappa shape index (κ1) is 14.3. The van der Waals surface area contributed by atoms with Crippen molar-refractivity contribution in [1.29, 1.82) is 0 Å². The van der Waals surface area contributed by atoms with Gasteiger partial charge in [0.15, 0.2) is 0 Å². The highest BCUT2D eigenvalue weighted by atomic mass is 16.4. The number of nitrogens with zero attached hydrogens (tertiary/aromatic N) is 2. The second-order valence-corrected chi connectivity index (χ2v) is 4.94. The van der Waals surface area contributed by atoms with Gasteiger partial charge in [0, 0.05) is 5.69 Å². The molecule has 0 fully saturated rings. The van der Waals surface area contributed by atoms with Gasteiger partial charge in [-0.25, -0.2) is 4.79 Å². The highest BCUT2D eigenvalue weighted by molar-refractivity contribution is 5.87. The molecule has 4 heteroatoms. The highest BCUT2D eigenvalue weighted by Gasteiger charge is 2.09. The summed E-state index contributed by atoms with van der Waals surface area (Å²) in [7, 11) is 0. The zero-order valence-electron chi connectivity index (χ0n) is 12.2. The molecule has 2 aromatic rings. The molecule has 1 heterocycles. The maximum atomic E-state index is 10.9. The largest absolute Gasteiger partial charge is 0.478 e. The van der Waals surface area contributed by atoms with Gasteiger partial charge in [-0.15, -0.1) is 0 Å². The molecule has 20 heavy (non-hydrogen) atoms. The molecule has 0 amide bonds. The summed E-state index contributed by atoms with van der Waals surface area (Å²) in [6, 6.07) is 7.39. The van der Waals surface area contributed by atoms with Gasteiger partial charge in [0.25, 0.3) is 0 Å². The number of carboxylic acids is 1. The monoisotopic (exact) mass is 272 g/mol. The van der Waals surface area contributed by atoms with Crippen LogP contribution in [0.15, 0.2) is 24.3 Å². The van der Waals surface area contributed by atoms with E-state index in [4.69, 9.17) is 5.11 Å². The fraction of sp³-hybridized carbons (Fsp3) is 0.375. The summed E-state index contributed by atoms with van der Waals surface area (Å²) < 4.78 is 2.02. The molecular weight excluding hydrogens is 252 g/mol. The van der Waals surface area contributed by atoms with Crippen LogP contribution < -0.4 is 0 Å². The summed E-state index contributed by atoms with van der Waals surface area (Å²) in [5.74, 6) is -0.888. The minimum absolute atomic E-state index is 0.330. The molecule has 0 unspecified atom stereocenters. The van der Waals surface area contributed by atoms with E-state index in [0.717, 1.165) is 29.7 Å². The maximum absolute atomic E-state index is 10.9. The summed E-state index contributed by atoms with van der Waals surface area (Å²) in [6.45, 7) is 6.85. The Balaban J connectivity index is 2.30. The van der Waals surface area contributed by atoms with E-state index in [1.165, 1.54) is 5.69 Å². The van der Waals surface area contributed by atoms with E-state index in [-0.39, 0.29) is 0 Å². The SMILES string of the molecule is CCc1cc(CC)n(Cc2ccc(C(=O)O)cc2C)n1. The van der Waals surface area contributed by atoms with Gasteiger partial charge in [-0.3, -0.25) is 4.68 Å². The van der Waals surface area contributed by atoms with Crippen LogP contribution in [0.5, 0.6) is 0 Å². The molecule has 106 valence electrons. The smallest absolute Gasteiger partial charge is 0.335 e. The van der Waals surface area contributed by atoms with Gasteiger partial charge in [-0.2, -0.15) is 5.10 Å². The Morgan fingerprint density at radius 3 is 2.55 bits per heavy atom. The first-order valence-electron chi connectivity index (χ1n) is 6.93. The van der Waals surface area contributed by atoms with Crippen molar-refractivity contribution in [3.05, 3.63) is 52.3 Å². The topological polar surface area (TPSA) is 55.1 Å². The number of rotatable bonds is 5. The Kier molecular flexibility index (Phi) is 4.23. The van der Waals surface area contributed by atoms with Crippen LogP contribution in [-0.4, -0.2) is 20.9 Å². The maximum Gasteiger partial charge on any atom is 0.335 e. The molecular formula is C16H20N2O2. The van der Waals surface area contributed by atoms with Gasteiger partial charge < -0.3 is 5.11 Å². The third-order valence-electron chi connectivity index (χ3n) is 3.55. The fourth-order valence-corrected chi connectivity index (χ4v) is 2.28. The van der Waals surface area contributed by atoms with Crippen LogP contribution >= 0.6 is 0 Å². The summed E-state index contributed by atoms with van der Waals surface area (Å²) in [6.07, 6.45) is 1.87. The predicted octanol–water partition coefficient (Wildman–Crippen LogP) is 3.06. The zero-order chi connectivity index (χ0) is 14.7. The molecule has 0 aliphatic heterocycles. The van der Waals surface area contributed by atoms with Gasteiger partial charge in [-0.1, -0.05) is 19.9 Å². The van der Waals surface area contributed by atoms with Crippen molar-refractivity contribution < 1.29 is 9.90 Å². The molecule has 4 nitrogen and oxygen atoms in total. The molecule has 0 spiro atoms. The van der Waals surface area contributed by atoms with Crippen LogP contribution in [0.1, 0.15) is 46.7 Å². The fourth-order valence-electron chi connectivity index (χ4n) is 2.28. The van der Waals surface area contributed by atoms with Crippen molar-refractivity contribution in [3.63, 3.8) is 0 Å². The van der Waals surface area contributed by atoms with Crippen LogP contribution in [0.2, 0.25) is 0 Å². The van der Waals surface area contributed by atoms with Gasteiger partial charge in [-0.05, 0) is 49.1 Å². The number of aromatic carboxylic acids is 1. The summed E-state index contributed by atoms with van der Waals surface area (Å²) in [5.41, 5.74) is 4.73. The molecule has 1 aromatic carbocycles. The van der Waals surface area contributed by atoms with Gasteiger partial charge in [0.2, 0.25) is 0 Å². The lowest BCUT2D eigenvalue weighted by atomic mass is 10.1. The van der Waals surface area contributed by atoms with Crippen molar-refractivity contribution >= 4 is 5.97 Å². The molecule has 1 N–H and O–H groups in total. The number of hydrogen-bond acceptors (Lipinski definition) is 2. The Bertz CT molecular complexity index is 629. The third-order valence-corrected chi connectivity index (χ3v) is 3.55. The van der Waals surface area contributed by atoms with Crippen LogP contribution in [0.4, 0.5) is 0 Å². The number of hydrogen-bond donors (Lipinski definition) is 1.